The van der Waals surface area contributed by atoms with Gasteiger partial charge in [0.1, 0.15) is 11.9 Å². The zero-order valence-electron chi connectivity index (χ0n) is 20.3. The molecule has 36 heavy (non-hydrogen) atoms. The average Bonchev–Trinajstić information content (AvgIpc) is 2.90. The highest BCUT2D eigenvalue weighted by molar-refractivity contribution is 7.99. The second kappa shape index (κ2) is 12.2. The Bertz CT molecular complexity index is 1180. The normalized spacial score (nSPS) is 16.6. The van der Waals surface area contributed by atoms with Crippen LogP contribution in [0, 0.1) is 5.41 Å². The molecule has 3 aromatic rings. The molecule has 0 bridgehead atoms. The fraction of sp³-hybridized carbons (Fsp3) is 0.444. The molecule has 0 radical (unpaired) electrons. The van der Waals surface area contributed by atoms with Gasteiger partial charge in [0.2, 0.25) is 0 Å². The topological polar surface area (TPSA) is 75.6 Å². The number of ether oxygens (including phenoxy) is 1. The van der Waals surface area contributed by atoms with Crippen LogP contribution in [0.1, 0.15) is 43.8 Å². The van der Waals surface area contributed by atoms with E-state index in [1.165, 1.54) is 11.1 Å². The molecule has 6 nitrogen and oxygen atoms in total. The van der Waals surface area contributed by atoms with Gasteiger partial charge in [-0.05, 0) is 87.8 Å². The highest BCUT2D eigenvalue weighted by Gasteiger charge is 2.41. The Morgan fingerprint density at radius 3 is 2.72 bits per heavy atom. The number of pyridine rings is 2. The Kier molecular flexibility index (Phi) is 9.04. The number of hydrogen-bond acceptors (Lipinski definition) is 6. The van der Waals surface area contributed by atoms with Crippen molar-refractivity contribution in [2.45, 2.75) is 43.2 Å². The zero-order chi connectivity index (χ0) is 25.5. The predicted octanol–water partition coefficient (Wildman–Crippen LogP) is 6.43. The molecule has 1 aromatic carbocycles. The van der Waals surface area contributed by atoms with E-state index in [2.05, 4.69) is 14.9 Å². The van der Waals surface area contributed by atoms with E-state index >= 15 is 4.39 Å². The number of methoxy groups -OCH3 is 1. The third kappa shape index (κ3) is 6.28. The zero-order valence-corrected chi connectivity index (χ0v) is 21.9. The minimum absolute atomic E-state index is 0.0882. The van der Waals surface area contributed by atoms with Crippen molar-refractivity contribution < 1.29 is 19.0 Å². The van der Waals surface area contributed by atoms with Gasteiger partial charge in [0, 0.05) is 34.4 Å². The number of hydrogen-bond donors (Lipinski definition) is 1. The van der Waals surface area contributed by atoms with Crippen molar-refractivity contribution in [2.24, 2.45) is 5.41 Å². The summed E-state index contributed by atoms with van der Waals surface area (Å²) in [5.41, 5.74) is 0.0611. The van der Waals surface area contributed by atoms with Gasteiger partial charge in [-0.25, -0.2) is 4.39 Å². The van der Waals surface area contributed by atoms with Crippen molar-refractivity contribution >= 4 is 40.2 Å². The molecule has 1 atom stereocenters. The summed E-state index contributed by atoms with van der Waals surface area (Å²) < 4.78 is 20.9. The van der Waals surface area contributed by atoms with Crippen LogP contribution in [0.25, 0.3) is 10.9 Å². The van der Waals surface area contributed by atoms with E-state index in [0.717, 1.165) is 18.7 Å². The first-order valence-corrected chi connectivity index (χ1v) is 13.5. The number of carboxylic acid groups (broad SMARTS) is 1. The number of nitrogens with zero attached hydrogens (tertiary/aromatic N) is 3. The van der Waals surface area contributed by atoms with Crippen molar-refractivity contribution in [3.8, 4) is 5.75 Å². The number of benzene rings is 1. The van der Waals surface area contributed by atoms with Crippen LogP contribution in [0.5, 0.6) is 5.75 Å². The van der Waals surface area contributed by atoms with Crippen LogP contribution in [-0.4, -0.2) is 58.4 Å². The Morgan fingerprint density at radius 2 is 2.03 bits per heavy atom. The number of thioether (sulfide) groups is 1. The van der Waals surface area contributed by atoms with Crippen LogP contribution in [0.15, 0.2) is 53.8 Å². The van der Waals surface area contributed by atoms with Crippen molar-refractivity contribution in [3.05, 3.63) is 59.5 Å². The van der Waals surface area contributed by atoms with E-state index in [9.17, 15) is 9.90 Å². The Balaban J connectivity index is 1.34. The molecular weight excluding hydrogens is 501 g/mol. The van der Waals surface area contributed by atoms with Gasteiger partial charge >= 0.3 is 5.97 Å². The van der Waals surface area contributed by atoms with E-state index in [1.54, 1.807) is 49.5 Å². The van der Waals surface area contributed by atoms with Gasteiger partial charge in [0.25, 0.3) is 0 Å². The lowest BCUT2D eigenvalue weighted by Crippen LogP contribution is -2.44. The van der Waals surface area contributed by atoms with Gasteiger partial charge in [-0.3, -0.25) is 14.8 Å². The molecule has 1 fully saturated rings. The summed E-state index contributed by atoms with van der Waals surface area (Å²) >= 11 is 8.16. The van der Waals surface area contributed by atoms with Crippen LogP contribution in [0.3, 0.4) is 0 Å². The molecule has 0 saturated carbocycles. The molecule has 1 N–H and O–H groups in total. The Morgan fingerprint density at radius 1 is 1.28 bits per heavy atom. The van der Waals surface area contributed by atoms with E-state index in [1.807, 2.05) is 12.1 Å². The predicted molar refractivity (Wildman–Crippen MR) is 142 cm³/mol. The summed E-state index contributed by atoms with van der Waals surface area (Å²) in [4.78, 5) is 24.2. The smallest absolute Gasteiger partial charge is 0.309 e. The largest absolute Gasteiger partial charge is 0.497 e. The minimum atomic E-state index is -1.39. The fourth-order valence-corrected chi connectivity index (χ4v) is 5.94. The lowest BCUT2D eigenvalue weighted by molar-refractivity contribution is -0.153. The van der Waals surface area contributed by atoms with E-state index in [-0.39, 0.29) is 17.9 Å². The molecule has 192 valence electrons. The van der Waals surface area contributed by atoms with Crippen LogP contribution in [0.4, 0.5) is 4.39 Å². The molecule has 1 aliphatic heterocycles. The third-order valence-corrected chi connectivity index (χ3v) is 8.46. The van der Waals surface area contributed by atoms with E-state index < -0.39 is 17.6 Å². The highest BCUT2D eigenvalue weighted by atomic mass is 35.5. The maximum Gasteiger partial charge on any atom is 0.309 e. The number of fused-ring (bicyclic) bond motifs is 1. The number of rotatable bonds is 11. The first-order valence-electron chi connectivity index (χ1n) is 12.2. The SMILES string of the molecule is COc1ccc2ncc(Cl)c([C@H](F)CCC3(C(=O)O)CCN(CCCSc4ccncc4)CC3)c2c1. The second-order valence-corrected chi connectivity index (χ2v) is 10.8. The number of alkyl halides is 1. The molecule has 0 unspecified atom stereocenters. The lowest BCUT2D eigenvalue weighted by atomic mass is 9.74. The average molecular weight is 532 g/mol. The molecule has 3 heterocycles. The molecule has 0 amide bonds. The molecule has 1 saturated heterocycles. The quantitative estimate of drug-likeness (QED) is 0.225. The molecule has 4 rings (SSSR count). The van der Waals surface area contributed by atoms with Crippen molar-refractivity contribution in [1.29, 1.82) is 0 Å². The summed E-state index contributed by atoms with van der Waals surface area (Å²) in [6.45, 7) is 2.35. The minimum Gasteiger partial charge on any atom is -0.497 e. The Hall–Kier alpha value is -2.42. The lowest BCUT2D eigenvalue weighted by Gasteiger charge is -2.39. The first kappa shape index (κ1) is 26.6. The molecular formula is C27H31ClFN3O3S. The van der Waals surface area contributed by atoms with Gasteiger partial charge in [0.05, 0.1) is 23.1 Å². The van der Waals surface area contributed by atoms with Crippen molar-refractivity contribution in [1.82, 2.24) is 14.9 Å². The summed E-state index contributed by atoms with van der Waals surface area (Å²) in [6.07, 6.45) is 6.06. The molecule has 1 aliphatic rings. The number of aromatic nitrogens is 2. The standard InChI is InChI=1S/C27H31ClFN3O3S/c1-35-19-3-4-24-21(17-19)25(22(28)18-31-24)23(29)5-8-27(26(33)34)9-14-32(15-10-27)13-2-16-36-20-6-11-30-12-7-20/h3-4,6-7,11-12,17-18,23H,2,5,8-10,13-16H2,1H3,(H,33,34)/t23-/m1/s1. The third-order valence-electron chi connectivity index (χ3n) is 7.06. The van der Waals surface area contributed by atoms with Gasteiger partial charge in [-0.2, -0.15) is 0 Å². The number of carboxylic acids is 1. The monoisotopic (exact) mass is 531 g/mol. The van der Waals surface area contributed by atoms with Crippen LogP contribution in [-0.2, 0) is 4.79 Å². The first-order chi connectivity index (χ1) is 17.4. The summed E-state index contributed by atoms with van der Waals surface area (Å²) in [7, 11) is 1.55. The van der Waals surface area contributed by atoms with E-state index in [0.29, 0.717) is 48.1 Å². The molecule has 9 heteroatoms. The van der Waals surface area contributed by atoms with Gasteiger partial charge < -0.3 is 14.7 Å². The maximum atomic E-state index is 15.6. The molecule has 0 aliphatic carbocycles. The number of halogens is 2. The molecule has 2 aromatic heterocycles. The molecule has 0 spiro atoms. The van der Waals surface area contributed by atoms with Crippen molar-refractivity contribution in [2.75, 3.05) is 32.5 Å². The highest BCUT2D eigenvalue weighted by Crippen LogP contribution is 2.42. The number of likely N-dealkylation sites (tertiary alicyclic amines) is 1. The van der Waals surface area contributed by atoms with Gasteiger partial charge in [-0.15, -0.1) is 11.8 Å². The van der Waals surface area contributed by atoms with Crippen LogP contribution in [0.2, 0.25) is 5.02 Å². The number of carbonyl (C=O) groups is 1. The van der Waals surface area contributed by atoms with E-state index in [4.69, 9.17) is 16.3 Å². The van der Waals surface area contributed by atoms with Crippen molar-refractivity contribution in [3.63, 3.8) is 0 Å². The number of piperidine rings is 1. The van der Waals surface area contributed by atoms with Crippen LogP contribution >= 0.6 is 23.4 Å². The van der Waals surface area contributed by atoms with Crippen LogP contribution < -0.4 is 4.74 Å². The van der Waals surface area contributed by atoms with Gasteiger partial charge in [0.15, 0.2) is 0 Å². The summed E-state index contributed by atoms with van der Waals surface area (Å²) in [6, 6.07) is 9.28. The van der Waals surface area contributed by atoms with Gasteiger partial charge in [-0.1, -0.05) is 11.6 Å². The summed E-state index contributed by atoms with van der Waals surface area (Å²) in [5.74, 6) is 0.753. The fourth-order valence-electron chi connectivity index (χ4n) is 4.85. The Labute approximate surface area is 220 Å². The number of aliphatic carboxylic acids is 1. The second-order valence-electron chi connectivity index (χ2n) is 9.22. The summed E-state index contributed by atoms with van der Waals surface area (Å²) in [5, 5.41) is 10.9. The maximum absolute atomic E-state index is 15.6.